The molecule has 2 aromatic rings. The highest BCUT2D eigenvalue weighted by atomic mass is 79.9. The van der Waals surface area contributed by atoms with Crippen molar-refractivity contribution in [2.45, 2.75) is 0 Å². The maximum Gasteiger partial charge on any atom is 0.0460 e. The minimum atomic E-state index is 0.744. The van der Waals surface area contributed by atoms with Gasteiger partial charge in [-0.3, -0.25) is 0 Å². The van der Waals surface area contributed by atoms with E-state index in [9.17, 15) is 0 Å². The van der Waals surface area contributed by atoms with E-state index in [1.165, 1.54) is 10.8 Å². The van der Waals surface area contributed by atoms with Crippen molar-refractivity contribution in [3.63, 3.8) is 0 Å². The van der Waals surface area contributed by atoms with Crippen LogP contribution in [0.15, 0.2) is 53.5 Å². The van der Waals surface area contributed by atoms with Crippen LogP contribution >= 0.6 is 15.9 Å². The van der Waals surface area contributed by atoms with Gasteiger partial charge in [-0.1, -0.05) is 58.9 Å². The maximum absolute atomic E-state index is 3.80. The summed E-state index contributed by atoms with van der Waals surface area (Å²) >= 11 is 3.34. The van der Waals surface area contributed by atoms with Crippen LogP contribution in [0.4, 0.5) is 5.69 Å². The predicted octanol–water partition coefficient (Wildman–Crippen LogP) is 4.16. The fraction of sp³-hybridized carbons (Fsp3) is 0.0769. The van der Waals surface area contributed by atoms with Gasteiger partial charge in [0.05, 0.1) is 0 Å². The molecule has 0 fully saturated rings. The van der Waals surface area contributed by atoms with E-state index in [4.69, 9.17) is 0 Å². The minimum absolute atomic E-state index is 0.744. The molecule has 15 heavy (non-hydrogen) atoms. The van der Waals surface area contributed by atoms with Crippen LogP contribution in [0.25, 0.3) is 10.8 Å². The lowest BCUT2D eigenvalue weighted by Crippen LogP contribution is -2.00. The Morgan fingerprint density at radius 2 is 1.87 bits per heavy atom. The highest BCUT2D eigenvalue weighted by Gasteiger charge is 1.98. The Balaban J connectivity index is 2.38. The number of nitrogens with one attached hydrogen (secondary N) is 1. The van der Waals surface area contributed by atoms with Gasteiger partial charge in [-0.2, -0.15) is 0 Å². The quantitative estimate of drug-likeness (QED) is 0.875. The Hall–Kier alpha value is -1.28. The van der Waals surface area contributed by atoms with Crippen LogP contribution in [0, 0.1) is 0 Å². The fourth-order valence-corrected chi connectivity index (χ4v) is 1.71. The molecule has 2 aromatic carbocycles. The molecule has 0 saturated carbocycles. The van der Waals surface area contributed by atoms with Crippen LogP contribution in [0.3, 0.4) is 0 Å². The molecule has 2 heteroatoms. The highest BCUT2D eigenvalue weighted by molar-refractivity contribution is 9.11. The third-order valence-corrected chi connectivity index (χ3v) is 2.54. The molecule has 0 saturated heterocycles. The van der Waals surface area contributed by atoms with E-state index >= 15 is 0 Å². The molecule has 1 N–H and O–H groups in total. The lowest BCUT2D eigenvalue weighted by Gasteiger charge is -2.08. The predicted molar refractivity (Wildman–Crippen MR) is 70.5 cm³/mol. The van der Waals surface area contributed by atoms with Gasteiger partial charge in [0, 0.05) is 22.1 Å². The van der Waals surface area contributed by atoms with Crippen molar-refractivity contribution >= 4 is 32.4 Å². The molecule has 0 heterocycles. The summed E-state index contributed by atoms with van der Waals surface area (Å²) in [7, 11) is 0. The molecule has 1 nitrogen and oxygen atoms in total. The third kappa shape index (κ3) is 2.39. The Bertz CT molecular complexity index is 485. The number of halogens is 1. The average molecular weight is 262 g/mol. The molecule has 0 aliphatic carbocycles. The summed E-state index contributed by atoms with van der Waals surface area (Å²) in [5, 5.41) is 5.84. The molecule has 76 valence electrons. The SMILES string of the molecule is C=C(Br)CNc1cccc2ccccc12. The Kier molecular flexibility index (Phi) is 3.07. The Labute approximate surface area is 97.9 Å². The van der Waals surface area contributed by atoms with Crippen LogP contribution in [0.2, 0.25) is 0 Å². The summed E-state index contributed by atoms with van der Waals surface area (Å²) in [6, 6.07) is 14.6. The van der Waals surface area contributed by atoms with E-state index in [1.807, 2.05) is 0 Å². The van der Waals surface area contributed by atoms with Crippen molar-refractivity contribution in [1.29, 1.82) is 0 Å². The highest BCUT2D eigenvalue weighted by Crippen LogP contribution is 2.23. The molecule has 0 amide bonds. The summed E-state index contributed by atoms with van der Waals surface area (Å²) in [4.78, 5) is 0. The standard InChI is InChI=1S/C13H12BrN/c1-10(14)9-15-13-8-4-6-11-5-2-3-7-12(11)13/h2-8,15H,1,9H2. The van der Waals surface area contributed by atoms with E-state index in [1.54, 1.807) is 0 Å². The maximum atomic E-state index is 3.80. The van der Waals surface area contributed by atoms with Crippen molar-refractivity contribution in [2.75, 3.05) is 11.9 Å². The van der Waals surface area contributed by atoms with E-state index in [-0.39, 0.29) is 0 Å². The zero-order valence-electron chi connectivity index (χ0n) is 8.33. The van der Waals surface area contributed by atoms with Gasteiger partial charge in [-0.05, 0) is 11.5 Å². The summed E-state index contributed by atoms with van der Waals surface area (Å²) < 4.78 is 0.954. The number of hydrogen-bond donors (Lipinski definition) is 1. The molecular weight excluding hydrogens is 250 g/mol. The zero-order valence-corrected chi connectivity index (χ0v) is 9.92. The lowest BCUT2D eigenvalue weighted by atomic mass is 10.1. The van der Waals surface area contributed by atoms with Gasteiger partial charge in [-0.15, -0.1) is 0 Å². The van der Waals surface area contributed by atoms with Gasteiger partial charge in [0.15, 0.2) is 0 Å². The number of fused-ring (bicyclic) bond motifs is 1. The topological polar surface area (TPSA) is 12.0 Å². The minimum Gasteiger partial charge on any atom is -0.380 e. The van der Waals surface area contributed by atoms with E-state index < -0.39 is 0 Å². The first-order valence-corrected chi connectivity index (χ1v) is 5.61. The van der Waals surface area contributed by atoms with Crippen LogP contribution in [-0.4, -0.2) is 6.54 Å². The fourth-order valence-electron chi connectivity index (χ4n) is 1.57. The number of benzene rings is 2. The molecule has 0 aliphatic rings. The van der Waals surface area contributed by atoms with Crippen molar-refractivity contribution in [3.05, 3.63) is 53.5 Å². The monoisotopic (exact) mass is 261 g/mol. The van der Waals surface area contributed by atoms with Crippen molar-refractivity contribution in [3.8, 4) is 0 Å². The smallest absolute Gasteiger partial charge is 0.0460 e. The summed E-state index contributed by atoms with van der Waals surface area (Å²) in [5.74, 6) is 0. The molecule has 0 bridgehead atoms. The lowest BCUT2D eigenvalue weighted by molar-refractivity contribution is 1.34. The largest absolute Gasteiger partial charge is 0.380 e. The van der Waals surface area contributed by atoms with Gasteiger partial charge >= 0.3 is 0 Å². The van der Waals surface area contributed by atoms with Crippen molar-refractivity contribution < 1.29 is 0 Å². The second-order valence-electron chi connectivity index (χ2n) is 3.40. The van der Waals surface area contributed by atoms with E-state index in [2.05, 4.69) is 70.3 Å². The van der Waals surface area contributed by atoms with E-state index in [0.717, 1.165) is 16.7 Å². The molecule has 0 atom stereocenters. The van der Waals surface area contributed by atoms with Crippen molar-refractivity contribution in [2.24, 2.45) is 0 Å². The van der Waals surface area contributed by atoms with Gasteiger partial charge in [0.1, 0.15) is 0 Å². The molecule has 0 unspecified atom stereocenters. The summed E-state index contributed by atoms with van der Waals surface area (Å²) in [6.07, 6.45) is 0. The van der Waals surface area contributed by atoms with Gasteiger partial charge in [0.2, 0.25) is 0 Å². The molecule has 0 aromatic heterocycles. The second-order valence-corrected chi connectivity index (χ2v) is 4.52. The summed E-state index contributed by atoms with van der Waals surface area (Å²) in [5.41, 5.74) is 1.15. The molecule has 2 rings (SSSR count). The molecular formula is C13H12BrN. The third-order valence-electron chi connectivity index (χ3n) is 2.26. The van der Waals surface area contributed by atoms with Gasteiger partial charge in [0.25, 0.3) is 0 Å². The van der Waals surface area contributed by atoms with Crippen molar-refractivity contribution in [1.82, 2.24) is 0 Å². The van der Waals surface area contributed by atoms with Crippen LogP contribution in [-0.2, 0) is 0 Å². The Morgan fingerprint density at radius 1 is 1.13 bits per heavy atom. The molecule has 0 aliphatic heterocycles. The number of rotatable bonds is 3. The van der Waals surface area contributed by atoms with Crippen LogP contribution < -0.4 is 5.32 Å². The van der Waals surface area contributed by atoms with E-state index in [0.29, 0.717) is 0 Å². The normalized spacial score (nSPS) is 10.2. The zero-order chi connectivity index (χ0) is 10.7. The average Bonchev–Trinajstić information content (AvgIpc) is 2.26. The second kappa shape index (κ2) is 4.49. The Morgan fingerprint density at radius 3 is 2.67 bits per heavy atom. The van der Waals surface area contributed by atoms with Crippen LogP contribution in [0.1, 0.15) is 0 Å². The first-order chi connectivity index (χ1) is 7.27. The number of anilines is 1. The van der Waals surface area contributed by atoms with Gasteiger partial charge < -0.3 is 5.32 Å². The van der Waals surface area contributed by atoms with Crippen LogP contribution in [0.5, 0.6) is 0 Å². The number of hydrogen-bond acceptors (Lipinski definition) is 1. The molecule has 0 radical (unpaired) electrons. The van der Waals surface area contributed by atoms with Gasteiger partial charge in [-0.25, -0.2) is 0 Å². The first-order valence-electron chi connectivity index (χ1n) is 4.82. The molecule has 0 spiro atoms. The summed E-state index contributed by atoms with van der Waals surface area (Å²) in [6.45, 7) is 4.55. The first kappa shape index (κ1) is 10.2.